The molecule has 0 rings (SSSR count). The standard InChI is InChI=1S/C4H9O3/c1-7-3-4(6)2-5/h4,6H,2-3H2,1H3. The van der Waals surface area contributed by atoms with Crippen molar-refractivity contribution in [3.05, 3.63) is 0 Å². The first-order valence-electron chi connectivity index (χ1n) is 2.06. The van der Waals surface area contributed by atoms with Gasteiger partial charge in [-0.25, -0.2) is 5.11 Å². The van der Waals surface area contributed by atoms with Crippen LogP contribution in [-0.4, -0.2) is 31.5 Å². The van der Waals surface area contributed by atoms with Crippen LogP contribution in [0.3, 0.4) is 0 Å². The fourth-order valence-corrected chi connectivity index (χ4v) is 0.240. The molecular weight excluding hydrogens is 96.0 g/mol. The number of aliphatic hydroxyl groups is 1. The zero-order valence-electron chi connectivity index (χ0n) is 4.26. The summed E-state index contributed by atoms with van der Waals surface area (Å²) in [7, 11) is 1.44. The van der Waals surface area contributed by atoms with Crippen molar-refractivity contribution in [2.24, 2.45) is 0 Å². The third kappa shape index (κ3) is 3.72. The average molecular weight is 105 g/mol. The van der Waals surface area contributed by atoms with Gasteiger partial charge < -0.3 is 9.84 Å². The maximum absolute atomic E-state index is 9.69. The lowest BCUT2D eigenvalue weighted by molar-refractivity contribution is 0.00294. The van der Waals surface area contributed by atoms with E-state index < -0.39 is 12.7 Å². The summed E-state index contributed by atoms with van der Waals surface area (Å²) in [5.74, 6) is 0. The lowest BCUT2D eigenvalue weighted by Gasteiger charge is -2.00. The van der Waals surface area contributed by atoms with Crippen molar-refractivity contribution in [1.82, 2.24) is 0 Å². The van der Waals surface area contributed by atoms with Crippen molar-refractivity contribution in [1.29, 1.82) is 0 Å². The Morgan fingerprint density at radius 1 is 1.86 bits per heavy atom. The lowest BCUT2D eigenvalue weighted by Crippen LogP contribution is -2.17. The van der Waals surface area contributed by atoms with Gasteiger partial charge in [0, 0.05) is 7.11 Å². The summed E-state index contributed by atoms with van der Waals surface area (Å²) in [6.07, 6.45) is -0.829. The molecule has 1 radical (unpaired) electrons. The van der Waals surface area contributed by atoms with Crippen LogP contribution < -0.4 is 0 Å². The number of rotatable bonds is 3. The van der Waals surface area contributed by atoms with Crippen LogP contribution in [0.25, 0.3) is 0 Å². The number of methoxy groups -OCH3 is 1. The largest absolute Gasteiger partial charge is 0.388 e. The van der Waals surface area contributed by atoms with E-state index in [1.807, 2.05) is 0 Å². The molecular formula is C4H9O3. The third-order valence-electron chi connectivity index (χ3n) is 0.551. The molecule has 0 aromatic heterocycles. The van der Waals surface area contributed by atoms with E-state index in [-0.39, 0.29) is 6.61 Å². The van der Waals surface area contributed by atoms with Crippen molar-refractivity contribution in [3.8, 4) is 0 Å². The second kappa shape index (κ2) is 4.05. The highest BCUT2D eigenvalue weighted by Gasteiger charge is 1.98. The van der Waals surface area contributed by atoms with E-state index in [4.69, 9.17) is 5.11 Å². The molecule has 3 heteroatoms. The summed E-state index contributed by atoms with van der Waals surface area (Å²) >= 11 is 0. The van der Waals surface area contributed by atoms with Crippen LogP contribution in [0.1, 0.15) is 0 Å². The Balaban J connectivity index is 2.83. The molecule has 0 aliphatic rings. The summed E-state index contributed by atoms with van der Waals surface area (Å²) in [5, 5.41) is 18.1. The van der Waals surface area contributed by atoms with Crippen LogP contribution in [0.15, 0.2) is 0 Å². The van der Waals surface area contributed by atoms with Crippen LogP contribution in [0.2, 0.25) is 0 Å². The second-order valence-corrected chi connectivity index (χ2v) is 1.28. The third-order valence-corrected chi connectivity index (χ3v) is 0.551. The summed E-state index contributed by atoms with van der Waals surface area (Å²) in [6, 6.07) is 0. The molecule has 1 unspecified atom stereocenters. The van der Waals surface area contributed by atoms with E-state index in [0.29, 0.717) is 0 Å². The molecule has 0 aromatic carbocycles. The van der Waals surface area contributed by atoms with Crippen molar-refractivity contribution < 1.29 is 14.9 Å². The Hall–Kier alpha value is -0.120. The van der Waals surface area contributed by atoms with E-state index in [1.54, 1.807) is 0 Å². The molecule has 0 fully saturated rings. The Morgan fingerprint density at radius 2 is 2.43 bits per heavy atom. The van der Waals surface area contributed by atoms with Gasteiger partial charge in [0.1, 0.15) is 12.7 Å². The fourth-order valence-electron chi connectivity index (χ4n) is 0.240. The predicted molar refractivity (Wildman–Crippen MR) is 23.4 cm³/mol. The highest BCUT2D eigenvalue weighted by molar-refractivity contribution is 4.45. The number of aliphatic hydroxyl groups excluding tert-OH is 1. The minimum Gasteiger partial charge on any atom is -0.388 e. The van der Waals surface area contributed by atoms with E-state index in [0.717, 1.165) is 0 Å². The van der Waals surface area contributed by atoms with Gasteiger partial charge in [-0.15, -0.1) is 0 Å². The quantitative estimate of drug-likeness (QED) is 0.522. The summed E-state index contributed by atoms with van der Waals surface area (Å²) in [5.41, 5.74) is 0. The molecule has 7 heavy (non-hydrogen) atoms. The molecule has 43 valence electrons. The number of hydrogen-bond donors (Lipinski definition) is 1. The molecule has 1 atom stereocenters. The van der Waals surface area contributed by atoms with Gasteiger partial charge in [0.05, 0.1) is 6.61 Å². The van der Waals surface area contributed by atoms with Crippen LogP contribution in [0.4, 0.5) is 0 Å². The average Bonchev–Trinajstić information content (AvgIpc) is 1.68. The Morgan fingerprint density at radius 3 is 2.57 bits per heavy atom. The number of hydrogen-bond acceptors (Lipinski definition) is 2. The first-order chi connectivity index (χ1) is 3.31. The Kier molecular flexibility index (Phi) is 3.98. The summed E-state index contributed by atoms with van der Waals surface area (Å²) in [4.78, 5) is 0. The van der Waals surface area contributed by atoms with Gasteiger partial charge in [-0.2, -0.15) is 0 Å². The predicted octanol–water partition coefficient (Wildman–Crippen LogP) is -0.576. The minimum absolute atomic E-state index is 0.142. The SMILES string of the molecule is COCC(O)C[O]. The summed E-state index contributed by atoms with van der Waals surface area (Å²) < 4.78 is 4.44. The first kappa shape index (κ1) is 6.88. The van der Waals surface area contributed by atoms with Crippen LogP contribution in [0, 0.1) is 0 Å². The van der Waals surface area contributed by atoms with E-state index in [9.17, 15) is 5.11 Å². The van der Waals surface area contributed by atoms with Gasteiger partial charge in [-0.3, -0.25) is 0 Å². The van der Waals surface area contributed by atoms with Crippen LogP contribution >= 0.6 is 0 Å². The normalized spacial score (nSPS) is 14.1. The smallest absolute Gasteiger partial charge is 0.110 e. The molecule has 0 aliphatic heterocycles. The molecule has 0 saturated heterocycles. The van der Waals surface area contributed by atoms with Gasteiger partial charge in [-0.1, -0.05) is 0 Å². The van der Waals surface area contributed by atoms with Crippen LogP contribution in [-0.2, 0) is 9.84 Å². The van der Waals surface area contributed by atoms with Crippen molar-refractivity contribution >= 4 is 0 Å². The first-order valence-corrected chi connectivity index (χ1v) is 2.06. The van der Waals surface area contributed by atoms with Crippen molar-refractivity contribution in [3.63, 3.8) is 0 Å². The molecule has 0 heterocycles. The lowest BCUT2D eigenvalue weighted by atomic mass is 10.4. The molecule has 0 aromatic rings. The molecule has 0 bridgehead atoms. The molecule has 0 spiro atoms. The molecule has 0 saturated carbocycles. The van der Waals surface area contributed by atoms with Gasteiger partial charge in [0.2, 0.25) is 0 Å². The second-order valence-electron chi connectivity index (χ2n) is 1.28. The van der Waals surface area contributed by atoms with E-state index in [2.05, 4.69) is 4.74 Å². The van der Waals surface area contributed by atoms with Crippen molar-refractivity contribution in [2.75, 3.05) is 20.3 Å². The maximum atomic E-state index is 9.69. The maximum Gasteiger partial charge on any atom is 0.110 e. The number of ether oxygens (including phenoxy) is 1. The fraction of sp³-hybridized carbons (Fsp3) is 1.00. The van der Waals surface area contributed by atoms with Gasteiger partial charge in [-0.05, 0) is 0 Å². The molecule has 0 amide bonds. The Labute approximate surface area is 42.5 Å². The molecule has 1 N–H and O–H groups in total. The summed E-state index contributed by atoms with van der Waals surface area (Å²) in [6.45, 7) is -0.336. The zero-order chi connectivity index (χ0) is 5.70. The van der Waals surface area contributed by atoms with Crippen molar-refractivity contribution in [2.45, 2.75) is 6.10 Å². The van der Waals surface area contributed by atoms with Gasteiger partial charge in [0.15, 0.2) is 0 Å². The van der Waals surface area contributed by atoms with Crippen LogP contribution in [0.5, 0.6) is 0 Å². The highest BCUT2D eigenvalue weighted by atomic mass is 16.5. The highest BCUT2D eigenvalue weighted by Crippen LogP contribution is 1.78. The molecule has 0 aliphatic carbocycles. The topological polar surface area (TPSA) is 49.4 Å². The monoisotopic (exact) mass is 105 g/mol. The Bertz CT molecular complexity index is 37.9. The van der Waals surface area contributed by atoms with E-state index >= 15 is 0 Å². The zero-order valence-corrected chi connectivity index (χ0v) is 4.26. The molecule has 3 nitrogen and oxygen atoms in total. The van der Waals surface area contributed by atoms with Gasteiger partial charge in [0.25, 0.3) is 0 Å². The minimum atomic E-state index is -0.829. The van der Waals surface area contributed by atoms with Gasteiger partial charge >= 0.3 is 0 Å². The van der Waals surface area contributed by atoms with E-state index in [1.165, 1.54) is 7.11 Å².